The first-order valence-electron chi connectivity index (χ1n) is 6.20. The standard InChI is InChI=1S/C16H15NO2S/c1-12-9-15(5-4-14(12)3-2-7-18)16(19)17-10-13-6-8-20-11-13/h4-6,8-9,11,18H,7,10H2,1H3,(H,17,19). The van der Waals surface area contributed by atoms with Crippen molar-refractivity contribution in [2.45, 2.75) is 13.5 Å². The number of hydrogen-bond acceptors (Lipinski definition) is 3. The summed E-state index contributed by atoms with van der Waals surface area (Å²) in [5, 5.41) is 15.6. The number of carbonyl (C=O) groups is 1. The molecule has 0 fully saturated rings. The minimum absolute atomic E-state index is 0.0963. The summed E-state index contributed by atoms with van der Waals surface area (Å²) >= 11 is 1.61. The zero-order valence-corrected chi connectivity index (χ0v) is 12.0. The number of amides is 1. The van der Waals surface area contributed by atoms with E-state index in [0.29, 0.717) is 12.1 Å². The molecule has 0 bridgehead atoms. The van der Waals surface area contributed by atoms with Crippen molar-refractivity contribution in [2.24, 2.45) is 0 Å². The number of benzene rings is 1. The van der Waals surface area contributed by atoms with Crippen molar-refractivity contribution in [3.63, 3.8) is 0 Å². The molecule has 2 rings (SSSR count). The van der Waals surface area contributed by atoms with E-state index in [4.69, 9.17) is 5.11 Å². The van der Waals surface area contributed by atoms with Gasteiger partial charge in [0.1, 0.15) is 6.61 Å². The summed E-state index contributed by atoms with van der Waals surface area (Å²) in [4.78, 5) is 12.0. The highest BCUT2D eigenvalue weighted by Gasteiger charge is 2.07. The minimum Gasteiger partial charge on any atom is -0.384 e. The Hall–Kier alpha value is -2.09. The summed E-state index contributed by atoms with van der Waals surface area (Å²) in [5.74, 6) is 5.36. The zero-order chi connectivity index (χ0) is 14.4. The highest BCUT2D eigenvalue weighted by Crippen LogP contribution is 2.11. The second-order valence-corrected chi connectivity index (χ2v) is 5.08. The third-order valence-corrected chi connectivity index (χ3v) is 3.56. The van der Waals surface area contributed by atoms with Crippen LogP contribution < -0.4 is 5.32 Å². The zero-order valence-electron chi connectivity index (χ0n) is 11.1. The van der Waals surface area contributed by atoms with Gasteiger partial charge in [-0.25, -0.2) is 0 Å². The molecule has 0 atom stereocenters. The Morgan fingerprint density at radius 2 is 2.25 bits per heavy atom. The van der Waals surface area contributed by atoms with Crippen molar-refractivity contribution in [1.82, 2.24) is 5.32 Å². The second kappa shape index (κ2) is 6.90. The molecular weight excluding hydrogens is 270 g/mol. The highest BCUT2D eigenvalue weighted by molar-refractivity contribution is 7.07. The summed E-state index contributed by atoms with van der Waals surface area (Å²) in [6.45, 7) is 2.27. The Bertz CT molecular complexity index is 651. The topological polar surface area (TPSA) is 49.3 Å². The van der Waals surface area contributed by atoms with Crippen molar-refractivity contribution in [2.75, 3.05) is 6.61 Å². The van der Waals surface area contributed by atoms with Crippen molar-refractivity contribution in [3.05, 3.63) is 57.3 Å². The molecule has 0 saturated carbocycles. The maximum Gasteiger partial charge on any atom is 0.251 e. The average Bonchev–Trinajstić information content (AvgIpc) is 2.96. The Morgan fingerprint density at radius 3 is 2.90 bits per heavy atom. The van der Waals surface area contributed by atoms with Gasteiger partial charge in [0.05, 0.1) is 0 Å². The predicted octanol–water partition coefficient (Wildman–Crippen LogP) is 2.33. The van der Waals surface area contributed by atoms with Gasteiger partial charge in [0.25, 0.3) is 5.91 Å². The van der Waals surface area contributed by atoms with Gasteiger partial charge in [0, 0.05) is 17.7 Å². The molecule has 2 aromatic rings. The molecule has 102 valence electrons. The predicted molar refractivity (Wildman–Crippen MR) is 80.6 cm³/mol. The largest absolute Gasteiger partial charge is 0.384 e. The molecule has 1 amide bonds. The summed E-state index contributed by atoms with van der Waals surface area (Å²) in [6.07, 6.45) is 0. The number of hydrogen-bond donors (Lipinski definition) is 2. The SMILES string of the molecule is Cc1cc(C(=O)NCc2ccsc2)ccc1C#CCO. The normalized spacial score (nSPS) is 9.70. The van der Waals surface area contributed by atoms with Gasteiger partial charge >= 0.3 is 0 Å². The van der Waals surface area contributed by atoms with E-state index in [9.17, 15) is 4.79 Å². The summed E-state index contributed by atoms with van der Waals surface area (Å²) in [6, 6.07) is 7.35. The van der Waals surface area contributed by atoms with Gasteiger partial charge in [0.15, 0.2) is 0 Å². The Kier molecular flexibility index (Phi) is 4.94. The van der Waals surface area contributed by atoms with Crippen LogP contribution in [0.1, 0.15) is 27.0 Å². The third-order valence-electron chi connectivity index (χ3n) is 2.82. The van der Waals surface area contributed by atoms with Crippen molar-refractivity contribution >= 4 is 17.2 Å². The molecule has 1 heterocycles. The molecule has 0 aliphatic heterocycles. The van der Waals surface area contributed by atoms with Crippen LogP contribution in [0.5, 0.6) is 0 Å². The van der Waals surface area contributed by atoms with Crippen LogP contribution in [0.2, 0.25) is 0 Å². The van der Waals surface area contributed by atoms with Crippen LogP contribution in [0.25, 0.3) is 0 Å². The van der Waals surface area contributed by atoms with Crippen LogP contribution >= 0.6 is 11.3 Å². The molecule has 0 saturated heterocycles. The fraction of sp³-hybridized carbons (Fsp3) is 0.188. The third kappa shape index (κ3) is 3.70. The monoisotopic (exact) mass is 285 g/mol. The van der Waals surface area contributed by atoms with Crippen LogP contribution in [0.4, 0.5) is 0 Å². The molecule has 3 nitrogen and oxygen atoms in total. The number of aliphatic hydroxyl groups excluding tert-OH is 1. The van der Waals surface area contributed by atoms with E-state index < -0.39 is 0 Å². The second-order valence-electron chi connectivity index (χ2n) is 4.30. The van der Waals surface area contributed by atoms with Crippen molar-refractivity contribution in [1.29, 1.82) is 0 Å². The van der Waals surface area contributed by atoms with E-state index in [1.165, 1.54) is 0 Å². The molecule has 4 heteroatoms. The molecule has 1 aromatic carbocycles. The summed E-state index contributed by atoms with van der Waals surface area (Å²) in [7, 11) is 0. The number of aryl methyl sites for hydroxylation is 1. The lowest BCUT2D eigenvalue weighted by molar-refractivity contribution is 0.0951. The minimum atomic E-state index is -0.164. The fourth-order valence-corrected chi connectivity index (χ4v) is 2.43. The Balaban J connectivity index is 2.05. The van der Waals surface area contributed by atoms with Crippen LogP contribution in [0.3, 0.4) is 0 Å². The van der Waals surface area contributed by atoms with Gasteiger partial charge in [-0.1, -0.05) is 11.8 Å². The van der Waals surface area contributed by atoms with Crippen LogP contribution in [0.15, 0.2) is 35.0 Å². The van der Waals surface area contributed by atoms with Crippen molar-refractivity contribution < 1.29 is 9.90 Å². The number of carbonyl (C=O) groups excluding carboxylic acids is 1. The van der Waals surface area contributed by atoms with Crippen LogP contribution in [-0.4, -0.2) is 17.6 Å². The lowest BCUT2D eigenvalue weighted by Crippen LogP contribution is -2.22. The van der Waals surface area contributed by atoms with E-state index in [1.54, 1.807) is 23.5 Å². The summed E-state index contributed by atoms with van der Waals surface area (Å²) in [5.41, 5.74) is 3.47. The van der Waals surface area contributed by atoms with E-state index in [1.807, 2.05) is 29.8 Å². The van der Waals surface area contributed by atoms with Gasteiger partial charge in [0.2, 0.25) is 0 Å². The van der Waals surface area contributed by atoms with Gasteiger partial charge in [-0.2, -0.15) is 11.3 Å². The van der Waals surface area contributed by atoms with Crippen LogP contribution in [0, 0.1) is 18.8 Å². The molecular formula is C16H15NO2S. The van der Waals surface area contributed by atoms with E-state index >= 15 is 0 Å². The number of aliphatic hydroxyl groups is 1. The average molecular weight is 285 g/mol. The van der Waals surface area contributed by atoms with Gasteiger partial charge in [-0.05, 0) is 53.1 Å². The molecule has 0 unspecified atom stereocenters. The first kappa shape index (κ1) is 14.3. The molecule has 0 aliphatic carbocycles. The van der Waals surface area contributed by atoms with Gasteiger partial charge in [-0.15, -0.1) is 0 Å². The number of rotatable bonds is 3. The van der Waals surface area contributed by atoms with E-state index in [0.717, 1.165) is 16.7 Å². The fourth-order valence-electron chi connectivity index (χ4n) is 1.76. The maximum absolute atomic E-state index is 12.0. The van der Waals surface area contributed by atoms with E-state index in [2.05, 4.69) is 17.2 Å². The Morgan fingerprint density at radius 1 is 1.40 bits per heavy atom. The lowest BCUT2D eigenvalue weighted by atomic mass is 10.0. The highest BCUT2D eigenvalue weighted by atomic mass is 32.1. The smallest absolute Gasteiger partial charge is 0.251 e. The van der Waals surface area contributed by atoms with Gasteiger partial charge in [-0.3, -0.25) is 4.79 Å². The van der Waals surface area contributed by atoms with Gasteiger partial charge < -0.3 is 10.4 Å². The van der Waals surface area contributed by atoms with Crippen LogP contribution in [-0.2, 0) is 6.54 Å². The Labute approximate surface area is 122 Å². The first-order chi connectivity index (χ1) is 9.70. The lowest BCUT2D eigenvalue weighted by Gasteiger charge is -2.06. The summed E-state index contributed by atoms with van der Waals surface area (Å²) < 4.78 is 0. The molecule has 2 N–H and O–H groups in total. The number of nitrogens with one attached hydrogen (secondary N) is 1. The molecule has 0 aliphatic rings. The molecule has 0 radical (unpaired) electrons. The quantitative estimate of drug-likeness (QED) is 0.850. The van der Waals surface area contributed by atoms with E-state index in [-0.39, 0.29) is 12.5 Å². The maximum atomic E-state index is 12.0. The first-order valence-corrected chi connectivity index (χ1v) is 7.14. The molecule has 1 aromatic heterocycles. The number of thiophene rings is 1. The van der Waals surface area contributed by atoms with Crippen molar-refractivity contribution in [3.8, 4) is 11.8 Å². The molecule has 20 heavy (non-hydrogen) atoms. The molecule has 0 spiro atoms.